The Morgan fingerprint density at radius 3 is 2.16 bits per heavy atom. The molecule has 1 N–H and O–H groups in total. The Hall–Kier alpha value is -1.16. The van der Waals surface area contributed by atoms with Crippen molar-refractivity contribution in [1.82, 2.24) is 0 Å². The van der Waals surface area contributed by atoms with Crippen LogP contribution in [0.2, 0.25) is 0 Å². The monoisotopic (exact) mass is 354 g/mol. The number of alkyl halides is 2. The molecule has 0 heterocycles. The molecule has 1 aromatic rings. The molecule has 0 radical (unpaired) electrons. The summed E-state index contributed by atoms with van der Waals surface area (Å²) in [5.74, 6) is -0.437. The Balaban J connectivity index is 2.34. The van der Waals surface area contributed by atoms with Crippen LogP contribution < -0.4 is 4.74 Å². The summed E-state index contributed by atoms with van der Waals surface area (Å²) in [5.41, 5.74) is -0.874. The standard InChI is InChI=1S/C21H32F2O2/c1-4-15(3)25-18-13-11-17(12-14-18)21(24,19(5-2)20(22)23)16-9-7-6-8-10-16/h11-16,19-20,24H,4-10H2,1-3H3. The van der Waals surface area contributed by atoms with E-state index >= 15 is 0 Å². The quantitative estimate of drug-likeness (QED) is 0.627. The number of benzene rings is 1. The minimum absolute atomic E-state index is 0.104. The second-order valence-electron chi connectivity index (χ2n) is 7.37. The molecule has 1 aliphatic rings. The lowest BCUT2D eigenvalue weighted by atomic mass is 9.66. The highest BCUT2D eigenvalue weighted by molar-refractivity contribution is 5.32. The third-order valence-electron chi connectivity index (χ3n) is 5.77. The zero-order chi connectivity index (χ0) is 18.4. The lowest BCUT2D eigenvalue weighted by molar-refractivity contribution is -0.136. The topological polar surface area (TPSA) is 29.5 Å². The van der Waals surface area contributed by atoms with Crippen LogP contribution >= 0.6 is 0 Å². The minimum Gasteiger partial charge on any atom is -0.491 e. The van der Waals surface area contributed by atoms with Gasteiger partial charge in [-0.05, 0) is 56.2 Å². The smallest absolute Gasteiger partial charge is 0.244 e. The first-order valence-electron chi connectivity index (χ1n) is 9.71. The summed E-state index contributed by atoms with van der Waals surface area (Å²) in [6.45, 7) is 5.79. The van der Waals surface area contributed by atoms with Gasteiger partial charge in [0.25, 0.3) is 0 Å². The van der Waals surface area contributed by atoms with E-state index in [9.17, 15) is 13.9 Å². The fourth-order valence-electron chi connectivity index (χ4n) is 4.09. The predicted octanol–water partition coefficient (Wildman–Crippen LogP) is 5.92. The van der Waals surface area contributed by atoms with Gasteiger partial charge in [0.2, 0.25) is 6.43 Å². The summed E-state index contributed by atoms with van der Waals surface area (Å²) in [6, 6.07) is 7.15. The van der Waals surface area contributed by atoms with E-state index in [1.54, 1.807) is 31.2 Å². The lowest BCUT2D eigenvalue weighted by Crippen LogP contribution is -2.46. The molecule has 1 aliphatic carbocycles. The van der Waals surface area contributed by atoms with Crippen LogP contribution in [0.4, 0.5) is 8.78 Å². The van der Waals surface area contributed by atoms with E-state index in [0.29, 0.717) is 11.3 Å². The fraction of sp³-hybridized carbons (Fsp3) is 0.714. The van der Waals surface area contributed by atoms with Crippen LogP contribution in [0.3, 0.4) is 0 Å². The first-order valence-corrected chi connectivity index (χ1v) is 9.71. The third-order valence-corrected chi connectivity index (χ3v) is 5.77. The molecule has 0 amide bonds. The molecule has 3 unspecified atom stereocenters. The molecule has 2 nitrogen and oxygen atoms in total. The van der Waals surface area contributed by atoms with E-state index in [0.717, 1.165) is 38.5 Å². The van der Waals surface area contributed by atoms with Crippen molar-refractivity contribution in [1.29, 1.82) is 0 Å². The molecule has 0 saturated heterocycles. The van der Waals surface area contributed by atoms with E-state index in [-0.39, 0.29) is 18.4 Å². The van der Waals surface area contributed by atoms with E-state index < -0.39 is 17.9 Å². The maximum atomic E-state index is 13.7. The second-order valence-corrected chi connectivity index (χ2v) is 7.37. The van der Waals surface area contributed by atoms with Crippen LogP contribution in [-0.2, 0) is 5.60 Å². The van der Waals surface area contributed by atoms with Gasteiger partial charge >= 0.3 is 0 Å². The number of rotatable bonds is 8. The first-order chi connectivity index (χ1) is 11.9. The van der Waals surface area contributed by atoms with E-state index in [1.807, 2.05) is 6.92 Å². The Bertz CT molecular complexity index is 511. The van der Waals surface area contributed by atoms with Crippen molar-refractivity contribution in [3.8, 4) is 5.75 Å². The molecule has 1 saturated carbocycles. The number of hydrogen-bond donors (Lipinski definition) is 1. The summed E-state index contributed by atoms with van der Waals surface area (Å²) in [4.78, 5) is 0. The number of hydrogen-bond acceptors (Lipinski definition) is 2. The molecule has 3 atom stereocenters. The molecule has 25 heavy (non-hydrogen) atoms. The van der Waals surface area contributed by atoms with Gasteiger partial charge in [-0.15, -0.1) is 0 Å². The molecule has 0 aromatic heterocycles. The van der Waals surface area contributed by atoms with Crippen molar-refractivity contribution in [3.63, 3.8) is 0 Å². The highest BCUT2D eigenvalue weighted by Crippen LogP contribution is 2.47. The van der Waals surface area contributed by atoms with E-state index in [1.165, 1.54) is 0 Å². The van der Waals surface area contributed by atoms with Crippen molar-refractivity contribution in [2.75, 3.05) is 0 Å². The molecular formula is C21H32F2O2. The van der Waals surface area contributed by atoms with Crippen LogP contribution in [0, 0.1) is 11.8 Å². The maximum absolute atomic E-state index is 13.7. The average molecular weight is 354 g/mol. The molecule has 1 fully saturated rings. The predicted molar refractivity (Wildman–Crippen MR) is 97.1 cm³/mol. The highest BCUT2D eigenvalue weighted by Gasteiger charge is 2.48. The summed E-state index contributed by atoms with van der Waals surface area (Å²) in [7, 11) is 0. The van der Waals surface area contributed by atoms with Crippen molar-refractivity contribution >= 4 is 0 Å². The lowest BCUT2D eigenvalue weighted by Gasteiger charge is -2.44. The largest absolute Gasteiger partial charge is 0.491 e. The van der Waals surface area contributed by atoms with E-state index in [2.05, 4.69) is 6.92 Å². The maximum Gasteiger partial charge on any atom is 0.244 e. The van der Waals surface area contributed by atoms with Gasteiger partial charge in [0.05, 0.1) is 12.0 Å². The van der Waals surface area contributed by atoms with Crippen molar-refractivity contribution < 1.29 is 18.6 Å². The molecule has 2 rings (SSSR count). The molecule has 0 spiro atoms. The van der Waals surface area contributed by atoms with Crippen molar-refractivity contribution in [2.24, 2.45) is 11.8 Å². The van der Waals surface area contributed by atoms with Gasteiger partial charge in [-0.2, -0.15) is 0 Å². The molecule has 0 aliphatic heterocycles. The van der Waals surface area contributed by atoms with Crippen molar-refractivity contribution in [2.45, 2.75) is 83.8 Å². The summed E-state index contributed by atoms with van der Waals surface area (Å²) in [5, 5.41) is 11.5. The number of ether oxygens (including phenoxy) is 1. The minimum atomic E-state index is -2.53. The van der Waals surface area contributed by atoms with Gasteiger partial charge in [0, 0.05) is 0 Å². The molecule has 0 bridgehead atoms. The van der Waals surface area contributed by atoms with Crippen LogP contribution in [0.5, 0.6) is 5.75 Å². The van der Waals surface area contributed by atoms with Gasteiger partial charge < -0.3 is 9.84 Å². The molecule has 142 valence electrons. The van der Waals surface area contributed by atoms with Gasteiger partial charge in [0.15, 0.2) is 0 Å². The number of halogens is 2. The Morgan fingerprint density at radius 2 is 1.68 bits per heavy atom. The SMILES string of the molecule is CCC(C)Oc1ccc(C(O)(C2CCCCC2)C(CC)C(F)F)cc1. The Morgan fingerprint density at radius 1 is 1.08 bits per heavy atom. The van der Waals surface area contributed by atoms with Gasteiger partial charge in [-0.25, -0.2) is 8.78 Å². The summed E-state index contributed by atoms with van der Waals surface area (Å²) >= 11 is 0. The fourth-order valence-corrected chi connectivity index (χ4v) is 4.09. The normalized spacial score (nSPS) is 20.9. The first kappa shape index (κ1) is 20.2. The third kappa shape index (κ3) is 4.52. The van der Waals surface area contributed by atoms with Crippen LogP contribution in [0.25, 0.3) is 0 Å². The highest BCUT2D eigenvalue weighted by atomic mass is 19.3. The summed E-state index contributed by atoms with van der Waals surface area (Å²) < 4.78 is 33.3. The number of aliphatic hydroxyl groups is 1. The zero-order valence-corrected chi connectivity index (χ0v) is 15.7. The van der Waals surface area contributed by atoms with Crippen molar-refractivity contribution in [3.05, 3.63) is 29.8 Å². The van der Waals surface area contributed by atoms with Gasteiger partial charge in [-0.3, -0.25) is 0 Å². The van der Waals surface area contributed by atoms with E-state index in [4.69, 9.17) is 4.74 Å². The van der Waals surface area contributed by atoms with Gasteiger partial charge in [-0.1, -0.05) is 45.2 Å². The van der Waals surface area contributed by atoms with Crippen LogP contribution in [0.15, 0.2) is 24.3 Å². The second kappa shape index (κ2) is 8.98. The molecular weight excluding hydrogens is 322 g/mol. The Labute approximate surface area is 150 Å². The zero-order valence-electron chi connectivity index (χ0n) is 15.7. The van der Waals surface area contributed by atoms with Crippen LogP contribution in [-0.4, -0.2) is 17.6 Å². The Kier molecular flexibility index (Phi) is 7.24. The molecule has 4 heteroatoms. The average Bonchev–Trinajstić information content (AvgIpc) is 2.63. The summed E-state index contributed by atoms with van der Waals surface area (Å²) in [6.07, 6.45) is 3.48. The molecule has 1 aromatic carbocycles. The van der Waals surface area contributed by atoms with Crippen LogP contribution in [0.1, 0.15) is 71.3 Å². The van der Waals surface area contributed by atoms with Gasteiger partial charge in [0.1, 0.15) is 11.4 Å².